The van der Waals surface area contributed by atoms with E-state index in [1.54, 1.807) is 0 Å². The highest BCUT2D eigenvalue weighted by Crippen LogP contribution is 2.13. The van der Waals surface area contributed by atoms with Gasteiger partial charge in [-0.25, -0.2) is 0 Å². The number of hydrogen-bond donors (Lipinski definition) is 1. The van der Waals surface area contributed by atoms with Gasteiger partial charge >= 0.3 is 0 Å². The van der Waals surface area contributed by atoms with Crippen molar-refractivity contribution in [1.82, 2.24) is 10.3 Å². The fourth-order valence-corrected chi connectivity index (χ4v) is 0.997. The van der Waals surface area contributed by atoms with E-state index < -0.39 is 0 Å². The van der Waals surface area contributed by atoms with Crippen molar-refractivity contribution >= 4 is 0 Å². The molecule has 2 rings (SSSR count). The molecule has 1 radical (unpaired) electrons. The van der Waals surface area contributed by atoms with Crippen LogP contribution in [0.15, 0.2) is 18.5 Å². The lowest BCUT2D eigenvalue weighted by atomic mass is 10.2. The number of pyridine rings is 1. The maximum atomic E-state index is 4.00. The smallest absolute Gasteiger partial charge is 0.0525 e. The van der Waals surface area contributed by atoms with Gasteiger partial charge in [-0.3, -0.25) is 4.98 Å². The van der Waals surface area contributed by atoms with Crippen LogP contribution >= 0.6 is 0 Å². The Labute approximate surface area is 53.9 Å². The Hall–Kier alpha value is -0.890. The Morgan fingerprint density at radius 2 is 2.56 bits per heavy atom. The van der Waals surface area contributed by atoms with Gasteiger partial charge in [0.2, 0.25) is 0 Å². The van der Waals surface area contributed by atoms with Gasteiger partial charge in [-0.15, -0.1) is 0 Å². The third-order valence-corrected chi connectivity index (χ3v) is 1.49. The second-order valence-corrected chi connectivity index (χ2v) is 2.10. The van der Waals surface area contributed by atoms with E-state index in [-0.39, 0.29) is 0 Å². The van der Waals surface area contributed by atoms with Crippen molar-refractivity contribution < 1.29 is 0 Å². The average molecular weight is 119 g/mol. The molecule has 1 aliphatic heterocycles. The fraction of sp³-hybridized carbons (Fsp3) is 0.143. The molecule has 1 aromatic heterocycles. The van der Waals surface area contributed by atoms with E-state index >= 15 is 0 Å². The summed E-state index contributed by atoms with van der Waals surface area (Å²) in [6.45, 7) is 2.94. The summed E-state index contributed by atoms with van der Waals surface area (Å²) >= 11 is 0. The maximum Gasteiger partial charge on any atom is 0.0525 e. The van der Waals surface area contributed by atoms with Gasteiger partial charge in [0.25, 0.3) is 0 Å². The molecule has 0 aliphatic carbocycles. The molecule has 0 bridgehead atoms. The summed E-state index contributed by atoms with van der Waals surface area (Å²) < 4.78 is 0. The fourth-order valence-electron chi connectivity index (χ4n) is 0.997. The van der Waals surface area contributed by atoms with Crippen LogP contribution in [-0.2, 0) is 6.54 Å². The van der Waals surface area contributed by atoms with Crippen LogP contribution in [0.1, 0.15) is 11.1 Å². The van der Waals surface area contributed by atoms with Gasteiger partial charge in [0.05, 0.1) is 6.54 Å². The van der Waals surface area contributed by atoms with Gasteiger partial charge in [0, 0.05) is 18.9 Å². The lowest BCUT2D eigenvalue weighted by Crippen LogP contribution is -1.97. The first kappa shape index (κ1) is 4.94. The molecule has 0 amide bonds. The predicted octanol–water partition coefficient (Wildman–Crippen LogP) is 0.695. The van der Waals surface area contributed by atoms with Crippen LogP contribution in [0.25, 0.3) is 0 Å². The number of nitrogens with zero attached hydrogens (tertiary/aromatic N) is 1. The highest BCUT2D eigenvalue weighted by atomic mass is 14.9. The first-order chi connectivity index (χ1) is 4.47. The van der Waals surface area contributed by atoms with Crippen LogP contribution < -0.4 is 5.32 Å². The van der Waals surface area contributed by atoms with Crippen LogP contribution in [0.4, 0.5) is 0 Å². The van der Waals surface area contributed by atoms with Gasteiger partial charge < -0.3 is 5.32 Å². The van der Waals surface area contributed by atoms with Crippen molar-refractivity contribution in [2.45, 2.75) is 6.54 Å². The third kappa shape index (κ3) is 0.715. The number of aromatic nitrogens is 1. The Kier molecular flexibility index (Phi) is 0.993. The number of fused-ring (bicyclic) bond motifs is 1. The molecule has 1 aliphatic rings. The van der Waals surface area contributed by atoms with Gasteiger partial charge in [-0.05, 0) is 17.2 Å². The number of nitrogens with one attached hydrogen (secondary N) is 1. The first-order valence-electron chi connectivity index (χ1n) is 2.96. The summed E-state index contributed by atoms with van der Waals surface area (Å²) in [4.78, 5) is 4.00. The molecule has 0 saturated heterocycles. The largest absolute Gasteiger partial charge is 0.304 e. The van der Waals surface area contributed by atoms with E-state index in [1.807, 2.05) is 25.0 Å². The molecular formula is C7H7N2. The van der Waals surface area contributed by atoms with Gasteiger partial charge in [-0.2, -0.15) is 0 Å². The lowest BCUT2D eigenvalue weighted by molar-refractivity contribution is 0.883. The van der Waals surface area contributed by atoms with Crippen LogP contribution in [0.3, 0.4) is 0 Å². The Morgan fingerprint density at radius 3 is 3.44 bits per heavy atom. The molecule has 45 valence electrons. The van der Waals surface area contributed by atoms with Crippen LogP contribution in [-0.4, -0.2) is 4.98 Å². The molecule has 0 atom stereocenters. The predicted molar refractivity (Wildman–Crippen MR) is 34.5 cm³/mol. The molecule has 0 spiro atoms. The second-order valence-electron chi connectivity index (χ2n) is 2.10. The molecule has 9 heavy (non-hydrogen) atoms. The van der Waals surface area contributed by atoms with Crippen molar-refractivity contribution in [2.75, 3.05) is 0 Å². The Bertz CT molecular complexity index is 197. The molecule has 1 aromatic rings. The monoisotopic (exact) mass is 119 g/mol. The highest BCUT2D eigenvalue weighted by Gasteiger charge is 2.07. The zero-order valence-electron chi connectivity index (χ0n) is 4.96. The molecule has 2 heterocycles. The first-order valence-corrected chi connectivity index (χ1v) is 2.96. The molecule has 2 heteroatoms. The normalized spacial score (nSPS) is 15.6. The maximum absolute atomic E-state index is 4.00. The SMILES string of the molecule is [CH]1NCc2cnccc21. The molecule has 2 nitrogen and oxygen atoms in total. The van der Waals surface area contributed by atoms with Crippen LogP contribution in [0, 0.1) is 6.54 Å². The van der Waals surface area contributed by atoms with Crippen LogP contribution in [0.5, 0.6) is 0 Å². The lowest BCUT2D eigenvalue weighted by Gasteiger charge is -1.90. The van der Waals surface area contributed by atoms with Crippen molar-refractivity contribution in [3.05, 3.63) is 36.1 Å². The summed E-state index contributed by atoms with van der Waals surface area (Å²) in [5.41, 5.74) is 2.56. The summed E-state index contributed by atoms with van der Waals surface area (Å²) in [5, 5.41) is 3.12. The molecule has 0 saturated carbocycles. The molecular weight excluding hydrogens is 112 g/mol. The topological polar surface area (TPSA) is 24.9 Å². The zero-order valence-corrected chi connectivity index (χ0v) is 4.96. The van der Waals surface area contributed by atoms with Gasteiger partial charge in [0.15, 0.2) is 0 Å². The van der Waals surface area contributed by atoms with Crippen molar-refractivity contribution in [3.8, 4) is 0 Å². The van der Waals surface area contributed by atoms with E-state index in [0.29, 0.717) is 0 Å². The summed E-state index contributed by atoms with van der Waals surface area (Å²) in [6, 6.07) is 2.01. The standard InChI is InChI=1S/C7H7N2/c1-2-8-4-7-5-9-3-6(1)7/h1-4,9H,5H2. The molecule has 1 N–H and O–H groups in total. The van der Waals surface area contributed by atoms with Crippen molar-refractivity contribution in [1.29, 1.82) is 0 Å². The highest BCUT2D eigenvalue weighted by molar-refractivity contribution is 5.33. The van der Waals surface area contributed by atoms with E-state index in [4.69, 9.17) is 0 Å². The average Bonchev–Trinajstić information content (AvgIpc) is 2.33. The van der Waals surface area contributed by atoms with Crippen LogP contribution in [0.2, 0.25) is 0 Å². The van der Waals surface area contributed by atoms with Crippen molar-refractivity contribution in [3.63, 3.8) is 0 Å². The third-order valence-electron chi connectivity index (χ3n) is 1.49. The quantitative estimate of drug-likeness (QED) is 0.543. The van der Waals surface area contributed by atoms with Gasteiger partial charge in [-0.1, -0.05) is 0 Å². The Balaban J connectivity index is 2.54. The number of rotatable bonds is 0. The molecule has 0 fully saturated rings. The van der Waals surface area contributed by atoms with E-state index in [9.17, 15) is 0 Å². The minimum atomic E-state index is 0.934. The number of hydrogen-bond acceptors (Lipinski definition) is 2. The second kappa shape index (κ2) is 1.81. The van der Waals surface area contributed by atoms with Crippen molar-refractivity contribution in [2.24, 2.45) is 0 Å². The molecule has 0 aromatic carbocycles. The van der Waals surface area contributed by atoms with E-state index in [0.717, 1.165) is 6.54 Å². The minimum absolute atomic E-state index is 0.934. The van der Waals surface area contributed by atoms with Gasteiger partial charge in [0.1, 0.15) is 0 Å². The Morgan fingerprint density at radius 1 is 1.56 bits per heavy atom. The summed E-state index contributed by atoms with van der Waals surface area (Å²) in [6.07, 6.45) is 3.70. The molecule has 0 unspecified atom stereocenters. The van der Waals surface area contributed by atoms with E-state index in [1.165, 1.54) is 11.1 Å². The summed E-state index contributed by atoms with van der Waals surface area (Å²) in [5.74, 6) is 0. The minimum Gasteiger partial charge on any atom is -0.304 e. The summed E-state index contributed by atoms with van der Waals surface area (Å²) in [7, 11) is 0. The van der Waals surface area contributed by atoms with E-state index in [2.05, 4.69) is 10.3 Å². The zero-order chi connectivity index (χ0) is 6.10.